The van der Waals surface area contributed by atoms with E-state index in [1.54, 1.807) is 6.20 Å². The molecular weight excluding hydrogens is 220 g/mol. The van der Waals surface area contributed by atoms with Gasteiger partial charge in [-0.25, -0.2) is 4.98 Å². The minimum Gasteiger partial charge on any atom is -0.439 e. The van der Waals surface area contributed by atoms with E-state index >= 15 is 0 Å². The molecule has 0 amide bonds. The molecule has 12 heavy (non-hydrogen) atoms. The van der Waals surface area contributed by atoms with Gasteiger partial charge in [-0.05, 0) is 15.9 Å². The zero-order valence-electron chi connectivity index (χ0n) is 6.54. The van der Waals surface area contributed by atoms with Crippen LogP contribution in [0.1, 0.15) is 12.8 Å². The Morgan fingerprint density at radius 2 is 2.42 bits per heavy atom. The van der Waals surface area contributed by atoms with Crippen LogP contribution in [0.4, 0.5) is 0 Å². The average Bonchev–Trinajstić information content (AvgIpc) is 2.46. The molecule has 0 unspecified atom stereocenters. The van der Waals surface area contributed by atoms with Crippen LogP contribution in [-0.4, -0.2) is 9.97 Å². The zero-order chi connectivity index (χ0) is 8.55. The van der Waals surface area contributed by atoms with Crippen molar-refractivity contribution < 1.29 is 4.42 Å². The van der Waals surface area contributed by atoms with Crippen molar-refractivity contribution in [3.05, 3.63) is 22.6 Å². The van der Waals surface area contributed by atoms with Gasteiger partial charge in [-0.2, -0.15) is 4.98 Å². The predicted octanol–water partition coefficient (Wildman–Crippen LogP) is 2.55. The van der Waals surface area contributed by atoms with Crippen LogP contribution < -0.4 is 0 Å². The number of hydrogen-bond acceptors (Lipinski definition) is 3. The lowest BCUT2D eigenvalue weighted by molar-refractivity contribution is 0.538. The maximum absolute atomic E-state index is 5.39. The molecule has 0 bridgehead atoms. The highest BCUT2D eigenvalue weighted by molar-refractivity contribution is 9.10. The van der Waals surface area contributed by atoms with Crippen molar-refractivity contribution in [2.24, 2.45) is 0 Å². The fraction of sp³-hybridized carbons (Fsp3) is 0.250. The predicted molar refractivity (Wildman–Crippen MR) is 48.9 cm³/mol. The lowest BCUT2D eigenvalue weighted by atomic mass is 10.5. The second-order valence-electron chi connectivity index (χ2n) is 2.44. The molecule has 0 N–H and O–H groups in total. The monoisotopic (exact) mass is 226 g/mol. The molecule has 2 aromatic rings. The van der Waals surface area contributed by atoms with E-state index < -0.39 is 0 Å². The molecule has 0 radical (unpaired) electrons. The van der Waals surface area contributed by atoms with Crippen LogP contribution in [0, 0.1) is 0 Å². The molecule has 4 heteroatoms. The molecule has 62 valence electrons. The van der Waals surface area contributed by atoms with E-state index in [1.807, 2.05) is 13.0 Å². The summed E-state index contributed by atoms with van der Waals surface area (Å²) in [5.74, 6) is 0.732. The number of fused-ring (bicyclic) bond motifs is 1. The topological polar surface area (TPSA) is 38.9 Å². The number of aryl methyl sites for hydroxylation is 1. The highest BCUT2D eigenvalue weighted by Crippen LogP contribution is 2.17. The molecule has 2 aromatic heterocycles. The molecule has 0 fully saturated rings. The highest BCUT2D eigenvalue weighted by atomic mass is 79.9. The van der Waals surface area contributed by atoms with Crippen molar-refractivity contribution in [1.29, 1.82) is 0 Å². The van der Waals surface area contributed by atoms with Gasteiger partial charge in [0.05, 0.1) is 0 Å². The van der Waals surface area contributed by atoms with Crippen LogP contribution >= 0.6 is 15.9 Å². The summed E-state index contributed by atoms with van der Waals surface area (Å²) in [5.41, 5.74) is 1.41. The van der Waals surface area contributed by atoms with Gasteiger partial charge in [-0.3, -0.25) is 0 Å². The SMILES string of the molecule is CCc1nc2ncc(Br)cc2o1. The molecule has 0 atom stereocenters. The van der Waals surface area contributed by atoms with E-state index in [4.69, 9.17) is 4.42 Å². The van der Waals surface area contributed by atoms with Gasteiger partial charge in [0.2, 0.25) is 0 Å². The second-order valence-corrected chi connectivity index (χ2v) is 3.35. The lowest BCUT2D eigenvalue weighted by Crippen LogP contribution is -1.77. The van der Waals surface area contributed by atoms with Crippen LogP contribution in [0.15, 0.2) is 21.2 Å². The Bertz CT molecular complexity index is 410. The molecule has 3 nitrogen and oxygen atoms in total. The van der Waals surface area contributed by atoms with Gasteiger partial charge in [-0.1, -0.05) is 6.92 Å². The van der Waals surface area contributed by atoms with Gasteiger partial charge >= 0.3 is 0 Å². The fourth-order valence-corrected chi connectivity index (χ4v) is 1.30. The molecule has 0 aliphatic heterocycles. The largest absolute Gasteiger partial charge is 0.439 e. The van der Waals surface area contributed by atoms with Crippen molar-refractivity contribution in [1.82, 2.24) is 9.97 Å². The standard InChI is InChI=1S/C8H7BrN2O/c1-2-7-11-8-6(12-7)3-5(9)4-10-8/h3-4H,2H2,1H3. The smallest absolute Gasteiger partial charge is 0.198 e. The number of hydrogen-bond donors (Lipinski definition) is 0. The number of halogens is 1. The van der Waals surface area contributed by atoms with E-state index in [0.29, 0.717) is 5.65 Å². The maximum atomic E-state index is 5.39. The summed E-state index contributed by atoms with van der Waals surface area (Å²) < 4.78 is 6.31. The Morgan fingerprint density at radius 3 is 3.17 bits per heavy atom. The molecule has 2 rings (SSSR count). The van der Waals surface area contributed by atoms with E-state index in [0.717, 1.165) is 22.4 Å². The van der Waals surface area contributed by atoms with Crippen LogP contribution in [0.2, 0.25) is 0 Å². The maximum Gasteiger partial charge on any atom is 0.198 e. The Morgan fingerprint density at radius 1 is 1.58 bits per heavy atom. The number of rotatable bonds is 1. The van der Waals surface area contributed by atoms with Crippen molar-refractivity contribution in [2.75, 3.05) is 0 Å². The van der Waals surface area contributed by atoms with E-state index in [9.17, 15) is 0 Å². The van der Waals surface area contributed by atoms with E-state index in [2.05, 4.69) is 25.9 Å². The lowest BCUT2D eigenvalue weighted by Gasteiger charge is -1.85. The molecule has 0 saturated carbocycles. The fourth-order valence-electron chi connectivity index (χ4n) is 0.992. The van der Waals surface area contributed by atoms with Crippen LogP contribution in [-0.2, 0) is 6.42 Å². The van der Waals surface area contributed by atoms with Gasteiger partial charge in [0, 0.05) is 23.2 Å². The second kappa shape index (κ2) is 2.86. The summed E-state index contributed by atoms with van der Waals surface area (Å²) >= 11 is 3.31. The van der Waals surface area contributed by atoms with Gasteiger partial charge in [0.1, 0.15) is 0 Å². The minimum absolute atomic E-state index is 0.676. The summed E-state index contributed by atoms with van der Waals surface area (Å²) in [7, 11) is 0. The van der Waals surface area contributed by atoms with Gasteiger partial charge in [-0.15, -0.1) is 0 Å². The summed E-state index contributed by atoms with van der Waals surface area (Å²) in [4.78, 5) is 8.27. The summed E-state index contributed by atoms with van der Waals surface area (Å²) in [5, 5.41) is 0. The zero-order valence-corrected chi connectivity index (χ0v) is 8.13. The average molecular weight is 227 g/mol. The van der Waals surface area contributed by atoms with Gasteiger partial charge in [0.15, 0.2) is 17.1 Å². The van der Waals surface area contributed by atoms with Crippen molar-refractivity contribution >= 4 is 27.2 Å². The number of aromatic nitrogens is 2. The van der Waals surface area contributed by atoms with Crippen molar-refractivity contribution in [3.8, 4) is 0 Å². The third kappa shape index (κ3) is 1.22. The number of oxazole rings is 1. The van der Waals surface area contributed by atoms with E-state index in [1.165, 1.54) is 0 Å². The third-order valence-electron chi connectivity index (χ3n) is 1.56. The number of pyridine rings is 1. The molecule has 0 spiro atoms. The summed E-state index contributed by atoms with van der Waals surface area (Å²) in [6, 6.07) is 1.87. The first-order valence-electron chi connectivity index (χ1n) is 3.70. The van der Waals surface area contributed by atoms with Gasteiger partial charge < -0.3 is 4.42 Å². The first-order valence-corrected chi connectivity index (χ1v) is 4.50. The molecule has 0 saturated heterocycles. The normalized spacial score (nSPS) is 10.8. The van der Waals surface area contributed by atoms with E-state index in [-0.39, 0.29) is 0 Å². The Kier molecular flexibility index (Phi) is 1.84. The third-order valence-corrected chi connectivity index (χ3v) is 1.99. The minimum atomic E-state index is 0.676. The first-order chi connectivity index (χ1) is 5.79. The highest BCUT2D eigenvalue weighted by Gasteiger charge is 2.04. The molecule has 2 heterocycles. The molecule has 0 aliphatic carbocycles. The molecule has 0 aliphatic rings. The Labute approximate surface area is 77.9 Å². The quantitative estimate of drug-likeness (QED) is 0.751. The Balaban J connectivity index is 2.67. The van der Waals surface area contributed by atoms with Crippen LogP contribution in [0.3, 0.4) is 0 Å². The van der Waals surface area contributed by atoms with Crippen LogP contribution in [0.5, 0.6) is 0 Å². The van der Waals surface area contributed by atoms with Crippen molar-refractivity contribution in [3.63, 3.8) is 0 Å². The number of nitrogens with zero attached hydrogens (tertiary/aromatic N) is 2. The summed E-state index contributed by atoms with van der Waals surface area (Å²) in [6.07, 6.45) is 2.51. The first kappa shape index (κ1) is 7.73. The van der Waals surface area contributed by atoms with Crippen LogP contribution in [0.25, 0.3) is 11.2 Å². The Hall–Kier alpha value is -0.900. The van der Waals surface area contributed by atoms with Gasteiger partial charge in [0.25, 0.3) is 0 Å². The molecule has 0 aromatic carbocycles. The summed E-state index contributed by atoms with van der Waals surface area (Å²) in [6.45, 7) is 2.00. The van der Waals surface area contributed by atoms with Crippen molar-refractivity contribution in [2.45, 2.75) is 13.3 Å². The molecular formula is C8H7BrN2O.